The molecule has 6 nitrogen and oxygen atoms in total. The summed E-state index contributed by atoms with van der Waals surface area (Å²) in [7, 11) is 0. The van der Waals surface area contributed by atoms with Crippen molar-refractivity contribution in [3.63, 3.8) is 0 Å². The van der Waals surface area contributed by atoms with E-state index >= 15 is 0 Å². The fourth-order valence-electron chi connectivity index (χ4n) is 1.98. The molecule has 0 unspecified atom stereocenters. The second-order valence-corrected chi connectivity index (χ2v) is 4.56. The molecule has 0 aliphatic carbocycles. The Morgan fingerprint density at radius 1 is 1.05 bits per heavy atom. The van der Waals surface area contributed by atoms with Crippen LogP contribution < -0.4 is 11.5 Å². The summed E-state index contributed by atoms with van der Waals surface area (Å²) in [5.74, 6) is -1.13. The van der Waals surface area contributed by atoms with Crippen LogP contribution in [0.4, 0.5) is 11.4 Å². The standard InChI is InChI=1S/C16H16N2O4/c1-2-15(19)21-5-6-22-16(20)14-9-12(18)7-10-3-4-11(17)8-13(10)14/h2-4,7-9H,1,5-6,17-18H2. The first-order chi connectivity index (χ1) is 10.5. The number of fused-ring (bicyclic) bond motifs is 1. The molecule has 0 fully saturated rings. The van der Waals surface area contributed by atoms with E-state index in [9.17, 15) is 9.59 Å². The molecule has 114 valence electrons. The molecule has 0 saturated heterocycles. The van der Waals surface area contributed by atoms with Gasteiger partial charge in [-0.1, -0.05) is 12.6 Å². The molecular formula is C16H16N2O4. The Morgan fingerprint density at radius 3 is 2.50 bits per heavy atom. The molecule has 0 aromatic heterocycles. The van der Waals surface area contributed by atoms with Gasteiger partial charge in [0, 0.05) is 17.5 Å². The van der Waals surface area contributed by atoms with Crippen LogP contribution >= 0.6 is 0 Å². The van der Waals surface area contributed by atoms with Crippen molar-refractivity contribution in [2.24, 2.45) is 0 Å². The van der Waals surface area contributed by atoms with Crippen molar-refractivity contribution in [2.45, 2.75) is 0 Å². The first-order valence-corrected chi connectivity index (χ1v) is 6.56. The lowest BCUT2D eigenvalue weighted by Crippen LogP contribution is -2.13. The second-order valence-electron chi connectivity index (χ2n) is 4.56. The quantitative estimate of drug-likeness (QED) is 0.378. The number of anilines is 2. The monoisotopic (exact) mass is 300 g/mol. The molecule has 0 aliphatic rings. The van der Waals surface area contributed by atoms with E-state index in [0.29, 0.717) is 22.3 Å². The molecule has 2 aromatic rings. The molecule has 0 radical (unpaired) electrons. The van der Waals surface area contributed by atoms with Crippen LogP contribution in [0.15, 0.2) is 43.0 Å². The SMILES string of the molecule is C=CC(=O)OCCOC(=O)c1cc(N)cc2ccc(N)cc12. The first kappa shape index (κ1) is 15.4. The average molecular weight is 300 g/mol. The number of hydrogen-bond donors (Lipinski definition) is 2. The maximum absolute atomic E-state index is 12.2. The molecule has 0 atom stereocenters. The van der Waals surface area contributed by atoms with Crippen molar-refractivity contribution in [1.82, 2.24) is 0 Å². The van der Waals surface area contributed by atoms with Crippen LogP contribution in [0, 0.1) is 0 Å². The summed E-state index contributed by atoms with van der Waals surface area (Å²) >= 11 is 0. The Hall–Kier alpha value is -3.02. The van der Waals surface area contributed by atoms with Gasteiger partial charge in [-0.3, -0.25) is 0 Å². The van der Waals surface area contributed by atoms with E-state index in [1.807, 2.05) is 0 Å². The summed E-state index contributed by atoms with van der Waals surface area (Å²) in [6, 6.07) is 8.47. The third-order valence-electron chi connectivity index (χ3n) is 2.95. The summed E-state index contributed by atoms with van der Waals surface area (Å²) in [6.07, 6.45) is 1.04. The van der Waals surface area contributed by atoms with E-state index in [4.69, 9.17) is 20.9 Å². The number of esters is 2. The van der Waals surface area contributed by atoms with Crippen LogP contribution in [-0.4, -0.2) is 25.2 Å². The molecule has 22 heavy (non-hydrogen) atoms. The Balaban J connectivity index is 2.15. The predicted octanol–water partition coefficient (Wildman–Crippen LogP) is 1.89. The average Bonchev–Trinajstić information content (AvgIpc) is 2.50. The predicted molar refractivity (Wildman–Crippen MR) is 84.2 cm³/mol. The van der Waals surface area contributed by atoms with Crippen LogP contribution in [0.2, 0.25) is 0 Å². The van der Waals surface area contributed by atoms with E-state index in [2.05, 4.69) is 6.58 Å². The van der Waals surface area contributed by atoms with Crippen molar-refractivity contribution in [3.8, 4) is 0 Å². The van der Waals surface area contributed by atoms with Gasteiger partial charge in [-0.15, -0.1) is 0 Å². The molecular weight excluding hydrogens is 284 g/mol. The van der Waals surface area contributed by atoms with E-state index < -0.39 is 11.9 Å². The fraction of sp³-hybridized carbons (Fsp3) is 0.125. The largest absolute Gasteiger partial charge is 0.459 e. The van der Waals surface area contributed by atoms with Gasteiger partial charge in [-0.2, -0.15) is 0 Å². The Kier molecular flexibility index (Phi) is 4.63. The Labute approximate surface area is 127 Å². The zero-order valence-electron chi connectivity index (χ0n) is 11.9. The molecule has 2 aromatic carbocycles. The highest BCUT2D eigenvalue weighted by Crippen LogP contribution is 2.25. The number of nitrogen functional groups attached to an aromatic ring is 2. The van der Waals surface area contributed by atoms with Crippen LogP contribution in [-0.2, 0) is 14.3 Å². The molecule has 0 bridgehead atoms. The highest BCUT2D eigenvalue weighted by atomic mass is 16.6. The molecule has 0 spiro atoms. The zero-order valence-corrected chi connectivity index (χ0v) is 11.9. The molecule has 0 aliphatic heterocycles. The van der Waals surface area contributed by atoms with E-state index in [-0.39, 0.29) is 13.2 Å². The third kappa shape index (κ3) is 3.54. The normalized spacial score (nSPS) is 10.2. The van der Waals surface area contributed by atoms with E-state index in [0.717, 1.165) is 11.5 Å². The Bertz CT molecular complexity index is 740. The summed E-state index contributed by atoms with van der Waals surface area (Å²) < 4.78 is 9.81. The number of carbonyl (C=O) groups excluding carboxylic acids is 2. The zero-order chi connectivity index (χ0) is 16.1. The van der Waals surface area contributed by atoms with Crippen molar-refractivity contribution in [2.75, 3.05) is 24.7 Å². The van der Waals surface area contributed by atoms with Gasteiger partial charge in [-0.25, -0.2) is 9.59 Å². The van der Waals surface area contributed by atoms with Crippen molar-refractivity contribution in [3.05, 3.63) is 48.6 Å². The maximum Gasteiger partial charge on any atom is 0.338 e. The minimum atomic E-state index is -0.571. The number of ether oxygens (including phenoxy) is 2. The summed E-state index contributed by atoms with van der Waals surface area (Å²) in [4.78, 5) is 23.0. The topological polar surface area (TPSA) is 105 Å². The van der Waals surface area contributed by atoms with Crippen LogP contribution in [0.5, 0.6) is 0 Å². The van der Waals surface area contributed by atoms with Gasteiger partial charge < -0.3 is 20.9 Å². The van der Waals surface area contributed by atoms with Gasteiger partial charge >= 0.3 is 11.9 Å². The van der Waals surface area contributed by atoms with Crippen molar-refractivity contribution < 1.29 is 19.1 Å². The lowest BCUT2D eigenvalue weighted by molar-refractivity contribution is -0.138. The van der Waals surface area contributed by atoms with Crippen molar-refractivity contribution >= 4 is 34.1 Å². The second kappa shape index (κ2) is 6.62. The van der Waals surface area contributed by atoms with Gasteiger partial charge in [0.25, 0.3) is 0 Å². The van der Waals surface area contributed by atoms with E-state index in [1.165, 1.54) is 6.07 Å². The summed E-state index contributed by atoms with van der Waals surface area (Å²) in [6.45, 7) is 3.16. The number of carbonyl (C=O) groups is 2. The molecule has 6 heteroatoms. The fourth-order valence-corrected chi connectivity index (χ4v) is 1.98. The maximum atomic E-state index is 12.2. The first-order valence-electron chi connectivity index (χ1n) is 6.56. The lowest BCUT2D eigenvalue weighted by Gasteiger charge is -2.09. The lowest BCUT2D eigenvalue weighted by atomic mass is 10.0. The molecule has 2 rings (SSSR count). The third-order valence-corrected chi connectivity index (χ3v) is 2.95. The smallest absolute Gasteiger partial charge is 0.338 e. The Morgan fingerprint density at radius 2 is 1.77 bits per heavy atom. The van der Waals surface area contributed by atoms with Crippen LogP contribution in [0.25, 0.3) is 10.8 Å². The molecule has 0 amide bonds. The van der Waals surface area contributed by atoms with Crippen LogP contribution in [0.1, 0.15) is 10.4 Å². The highest BCUT2D eigenvalue weighted by Gasteiger charge is 2.13. The highest BCUT2D eigenvalue weighted by molar-refractivity contribution is 6.06. The van der Waals surface area contributed by atoms with Crippen LogP contribution in [0.3, 0.4) is 0 Å². The number of benzene rings is 2. The number of hydrogen-bond acceptors (Lipinski definition) is 6. The van der Waals surface area contributed by atoms with Gasteiger partial charge in [0.15, 0.2) is 0 Å². The molecule has 0 saturated carbocycles. The summed E-state index contributed by atoms with van der Waals surface area (Å²) in [5.41, 5.74) is 12.8. The minimum absolute atomic E-state index is 0.0427. The minimum Gasteiger partial charge on any atom is -0.459 e. The molecule has 0 heterocycles. The van der Waals surface area contributed by atoms with Gasteiger partial charge in [-0.05, 0) is 35.0 Å². The number of rotatable bonds is 5. The summed E-state index contributed by atoms with van der Waals surface area (Å²) in [5, 5.41) is 1.45. The van der Waals surface area contributed by atoms with Crippen molar-refractivity contribution in [1.29, 1.82) is 0 Å². The van der Waals surface area contributed by atoms with Gasteiger partial charge in [0.05, 0.1) is 5.56 Å². The molecule has 4 N–H and O–H groups in total. The van der Waals surface area contributed by atoms with E-state index in [1.54, 1.807) is 24.3 Å². The van der Waals surface area contributed by atoms with Gasteiger partial charge in [0.2, 0.25) is 0 Å². The number of nitrogens with two attached hydrogens (primary N) is 2. The van der Waals surface area contributed by atoms with Gasteiger partial charge in [0.1, 0.15) is 13.2 Å².